The first-order valence-electron chi connectivity index (χ1n) is 7.49. The molecule has 0 aliphatic heterocycles. The number of allylic oxidation sites excluding steroid dienone is 4. The Balaban J connectivity index is 0.00000220. The van der Waals surface area contributed by atoms with Gasteiger partial charge in [-0.15, -0.1) is 54.0 Å². The normalized spacial score (nSPS) is 17.5. The fourth-order valence-electron chi connectivity index (χ4n) is 3.95. The molecule has 1 aliphatic rings. The summed E-state index contributed by atoms with van der Waals surface area (Å²) in [4.78, 5) is 0. The van der Waals surface area contributed by atoms with Crippen molar-refractivity contribution in [3.63, 3.8) is 0 Å². The third kappa shape index (κ3) is 3.18. The molecule has 1 heteroatoms. The molecule has 0 aromatic heterocycles. The molecule has 0 radical (unpaired) electrons. The average molecular weight is 290 g/mol. The standard InChI is InChI=1S/C20H27.Na/c1-18(2,3)20(19(4,5)6)15-11-10-14-17(20)16-12-8-7-9-13-16;/h7-15H,1-6H3;/q-1;+1. The summed E-state index contributed by atoms with van der Waals surface area (Å²) in [6.45, 7) is 14.1. The molecule has 1 aliphatic carbocycles. The molecule has 0 bridgehead atoms. The first-order chi connectivity index (χ1) is 9.20. The quantitative estimate of drug-likeness (QED) is 0.551. The molecule has 21 heavy (non-hydrogen) atoms. The van der Waals surface area contributed by atoms with Crippen LogP contribution in [0.15, 0.2) is 54.6 Å². The Bertz CT molecular complexity index is 495. The molecule has 0 spiro atoms. The van der Waals surface area contributed by atoms with Gasteiger partial charge in [-0.2, -0.15) is 0 Å². The minimum atomic E-state index is 0. The van der Waals surface area contributed by atoms with Gasteiger partial charge in [-0.1, -0.05) is 53.7 Å². The van der Waals surface area contributed by atoms with E-state index in [-0.39, 0.29) is 45.8 Å². The Morgan fingerprint density at radius 2 is 1.33 bits per heavy atom. The molecule has 0 fully saturated rings. The zero-order valence-corrected chi connectivity index (χ0v) is 16.7. The van der Waals surface area contributed by atoms with E-state index in [2.05, 4.69) is 96.2 Å². The monoisotopic (exact) mass is 290 g/mol. The Labute approximate surface area is 153 Å². The first-order valence-corrected chi connectivity index (χ1v) is 7.49. The molecule has 0 saturated heterocycles. The Morgan fingerprint density at radius 3 is 1.81 bits per heavy atom. The van der Waals surface area contributed by atoms with E-state index < -0.39 is 0 Å². The molecule has 0 N–H and O–H groups in total. The van der Waals surface area contributed by atoms with Crippen molar-refractivity contribution in [1.82, 2.24) is 0 Å². The van der Waals surface area contributed by atoms with Gasteiger partial charge in [0.25, 0.3) is 0 Å². The van der Waals surface area contributed by atoms with Crippen molar-refractivity contribution < 1.29 is 29.6 Å². The molecule has 0 nitrogen and oxygen atoms in total. The van der Waals surface area contributed by atoms with Crippen LogP contribution in [0.5, 0.6) is 0 Å². The third-order valence-corrected chi connectivity index (χ3v) is 4.60. The molecular weight excluding hydrogens is 263 g/mol. The Hall–Kier alpha value is -0.430. The molecule has 0 atom stereocenters. The zero-order chi connectivity index (χ0) is 15.0. The Kier molecular flexibility index (Phi) is 5.64. The molecule has 0 amide bonds. The van der Waals surface area contributed by atoms with Crippen LogP contribution in [-0.2, 0) is 0 Å². The summed E-state index contributed by atoms with van der Waals surface area (Å²) >= 11 is 0. The van der Waals surface area contributed by atoms with Gasteiger partial charge in [-0.3, -0.25) is 0 Å². The smallest absolute Gasteiger partial charge is 0.144 e. The van der Waals surface area contributed by atoms with Gasteiger partial charge in [0.1, 0.15) is 0 Å². The van der Waals surface area contributed by atoms with E-state index in [0.717, 1.165) is 0 Å². The summed E-state index contributed by atoms with van der Waals surface area (Å²) in [7, 11) is 0. The second-order valence-corrected chi connectivity index (χ2v) is 7.81. The molecular formula is C20H27Na. The van der Waals surface area contributed by atoms with E-state index in [4.69, 9.17) is 0 Å². The SMILES string of the molecule is CC(C)(C)C1(C(C)(C)C)C=CC=C[C-]1c1ccccc1.[Na+]. The third-order valence-electron chi connectivity index (χ3n) is 4.60. The van der Waals surface area contributed by atoms with Crippen molar-refractivity contribution in [3.05, 3.63) is 66.1 Å². The van der Waals surface area contributed by atoms with Crippen LogP contribution >= 0.6 is 0 Å². The van der Waals surface area contributed by atoms with Crippen LogP contribution in [0.3, 0.4) is 0 Å². The first kappa shape index (κ1) is 18.6. The van der Waals surface area contributed by atoms with E-state index in [9.17, 15) is 0 Å². The van der Waals surface area contributed by atoms with E-state index in [1.54, 1.807) is 0 Å². The van der Waals surface area contributed by atoms with Crippen molar-refractivity contribution in [2.45, 2.75) is 41.5 Å². The van der Waals surface area contributed by atoms with Crippen molar-refractivity contribution in [3.8, 4) is 0 Å². The maximum absolute atomic E-state index is 2.41. The van der Waals surface area contributed by atoms with Crippen molar-refractivity contribution in [2.24, 2.45) is 16.2 Å². The van der Waals surface area contributed by atoms with Crippen molar-refractivity contribution in [2.75, 3.05) is 0 Å². The largest absolute Gasteiger partial charge is 1.00 e. The second-order valence-electron chi connectivity index (χ2n) is 7.81. The van der Waals surface area contributed by atoms with Crippen LogP contribution in [0.25, 0.3) is 0 Å². The predicted molar refractivity (Wildman–Crippen MR) is 88.4 cm³/mol. The summed E-state index contributed by atoms with van der Waals surface area (Å²) in [6, 6.07) is 10.8. The van der Waals surface area contributed by atoms with Gasteiger partial charge >= 0.3 is 29.6 Å². The summed E-state index contributed by atoms with van der Waals surface area (Å²) in [6.07, 6.45) is 9.09. The van der Waals surface area contributed by atoms with Crippen LogP contribution in [0.1, 0.15) is 47.1 Å². The maximum atomic E-state index is 2.41. The molecule has 1 aromatic carbocycles. The number of hydrogen-bond acceptors (Lipinski definition) is 0. The topological polar surface area (TPSA) is 0 Å². The van der Waals surface area contributed by atoms with E-state index in [1.165, 1.54) is 11.5 Å². The van der Waals surface area contributed by atoms with Crippen molar-refractivity contribution >= 4 is 0 Å². The number of rotatable bonds is 1. The molecule has 108 valence electrons. The van der Waals surface area contributed by atoms with Gasteiger partial charge in [-0.25, -0.2) is 0 Å². The predicted octanol–water partition coefficient (Wildman–Crippen LogP) is 2.82. The van der Waals surface area contributed by atoms with E-state index in [1.807, 2.05) is 0 Å². The van der Waals surface area contributed by atoms with E-state index >= 15 is 0 Å². The van der Waals surface area contributed by atoms with Gasteiger partial charge in [0.05, 0.1) is 0 Å². The fraction of sp³-hybridized carbons (Fsp3) is 0.450. The molecule has 0 saturated carbocycles. The summed E-state index contributed by atoms with van der Waals surface area (Å²) in [5, 5.41) is 0. The van der Waals surface area contributed by atoms with Crippen LogP contribution in [0, 0.1) is 22.2 Å². The minimum absolute atomic E-state index is 0. The number of hydrogen-bond donors (Lipinski definition) is 0. The number of benzene rings is 1. The zero-order valence-electron chi connectivity index (χ0n) is 14.7. The molecule has 2 rings (SSSR count). The van der Waals surface area contributed by atoms with Crippen LogP contribution in [0.4, 0.5) is 0 Å². The second kappa shape index (κ2) is 6.36. The molecule has 1 aromatic rings. The van der Waals surface area contributed by atoms with Gasteiger partial charge in [0, 0.05) is 0 Å². The fourth-order valence-corrected chi connectivity index (χ4v) is 3.95. The van der Waals surface area contributed by atoms with Gasteiger partial charge < -0.3 is 0 Å². The molecule has 0 heterocycles. The van der Waals surface area contributed by atoms with Gasteiger partial charge in [-0.05, 0) is 16.2 Å². The summed E-state index contributed by atoms with van der Waals surface area (Å²) in [5.41, 5.74) is 1.66. The summed E-state index contributed by atoms with van der Waals surface area (Å²) < 4.78 is 0. The van der Waals surface area contributed by atoms with Gasteiger partial charge in [0.15, 0.2) is 0 Å². The van der Waals surface area contributed by atoms with Crippen LogP contribution in [-0.4, -0.2) is 0 Å². The van der Waals surface area contributed by atoms with Crippen LogP contribution < -0.4 is 29.6 Å². The van der Waals surface area contributed by atoms with E-state index in [0.29, 0.717) is 0 Å². The summed E-state index contributed by atoms with van der Waals surface area (Å²) in [5.74, 6) is 1.43. The van der Waals surface area contributed by atoms with Crippen LogP contribution in [0.2, 0.25) is 0 Å². The molecule has 0 unspecified atom stereocenters. The average Bonchev–Trinajstić information content (AvgIpc) is 2.37. The van der Waals surface area contributed by atoms with Crippen molar-refractivity contribution in [1.29, 1.82) is 0 Å². The van der Waals surface area contributed by atoms with Gasteiger partial charge in [0.2, 0.25) is 0 Å². The Morgan fingerprint density at radius 1 is 0.810 bits per heavy atom. The maximum Gasteiger partial charge on any atom is 1.00 e. The minimum Gasteiger partial charge on any atom is -0.144 e.